The van der Waals surface area contributed by atoms with Crippen LogP contribution in [0.25, 0.3) is 11.3 Å². The summed E-state index contributed by atoms with van der Waals surface area (Å²) < 4.78 is 49.1. The van der Waals surface area contributed by atoms with E-state index in [0.717, 1.165) is 31.0 Å². The second kappa shape index (κ2) is 12.9. The summed E-state index contributed by atoms with van der Waals surface area (Å²) in [6, 6.07) is 8.26. The minimum absolute atomic E-state index is 0.00410. The number of hydrogen-bond donors (Lipinski definition) is 3. The van der Waals surface area contributed by atoms with E-state index in [-0.39, 0.29) is 58.6 Å². The summed E-state index contributed by atoms with van der Waals surface area (Å²) in [5.74, 6) is -0.243. The van der Waals surface area contributed by atoms with Gasteiger partial charge in [0.25, 0.3) is 5.91 Å². The fraction of sp³-hybridized carbons (Fsp3) is 0.300. The molecule has 1 aliphatic carbocycles. The maximum Gasteiger partial charge on any atom is 0.252 e. The lowest BCUT2D eigenvalue weighted by Gasteiger charge is -2.47. The summed E-state index contributed by atoms with van der Waals surface area (Å²) >= 11 is 19.8. The van der Waals surface area contributed by atoms with Gasteiger partial charge in [-0.25, -0.2) is 13.8 Å². The molecule has 4 aromatic rings. The van der Waals surface area contributed by atoms with Gasteiger partial charge in [0.15, 0.2) is 11.6 Å². The van der Waals surface area contributed by atoms with Crippen molar-refractivity contribution >= 4 is 58.6 Å². The zero-order valence-corrected chi connectivity index (χ0v) is 26.4. The Hall–Kier alpha value is -3.13. The van der Waals surface area contributed by atoms with E-state index in [2.05, 4.69) is 15.5 Å². The molecule has 1 aliphatic heterocycles. The summed E-state index contributed by atoms with van der Waals surface area (Å²) in [7, 11) is 0. The summed E-state index contributed by atoms with van der Waals surface area (Å²) in [5, 5.41) is 18.5. The number of anilines is 1. The SMILES string of the molecule is O=C(NCCSO)c1cnc(N2CC(O)(c3ccc(OCc4c(-c5c(Cl)cc(F)cc5Cl)noc4C4CC4)cc3Cl)C2)c(F)c1. The molecule has 1 saturated carbocycles. The molecule has 3 N–H and O–H groups in total. The number of benzene rings is 2. The molecule has 0 radical (unpaired) electrons. The molecule has 6 rings (SSSR count). The van der Waals surface area contributed by atoms with Crippen molar-refractivity contribution in [2.24, 2.45) is 0 Å². The molecular weight excluding hydrogens is 673 g/mol. The van der Waals surface area contributed by atoms with Gasteiger partial charge >= 0.3 is 0 Å². The first-order chi connectivity index (χ1) is 21.6. The molecule has 15 heteroatoms. The average molecular weight is 698 g/mol. The van der Waals surface area contributed by atoms with Crippen LogP contribution < -0.4 is 15.0 Å². The van der Waals surface area contributed by atoms with Crippen molar-refractivity contribution in [2.45, 2.75) is 31.0 Å². The number of carbonyl (C=O) groups excluding carboxylic acids is 1. The Kier molecular flexibility index (Phi) is 9.15. The van der Waals surface area contributed by atoms with E-state index in [9.17, 15) is 18.7 Å². The summed E-state index contributed by atoms with van der Waals surface area (Å²) in [4.78, 5) is 17.8. The first-order valence-electron chi connectivity index (χ1n) is 13.8. The highest BCUT2D eigenvalue weighted by Gasteiger charge is 2.45. The maximum absolute atomic E-state index is 14.8. The molecule has 1 saturated heterocycles. The molecule has 2 aliphatic rings. The number of amides is 1. The fourth-order valence-electron chi connectivity index (χ4n) is 5.22. The first-order valence-corrected chi connectivity index (χ1v) is 15.9. The van der Waals surface area contributed by atoms with Crippen LogP contribution in [-0.4, -0.2) is 51.1 Å². The van der Waals surface area contributed by atoms with Gasteiger partial charge in [0.2, 0.25) is 0 Å². The van der Waals surface area contributed by atoms with Crippen LogP contribution in [0.1, 0.15) is 46.0 Å². The second-order valence-electron chi connectivity index (χ2n) is 10.8. The van der Waals surface area contributed by atoms with Crippen LogP contribution in [0, 0.1) is 11.6 Å². The Balaban J connectivity index is 1.14. The highest BCUT2D eigenvalue weighted by molar-refractivity contribution is 7.93. The number of nitrogens with one attached hydrogen (secondary N) is 1. The molecule has 0 atom stereocenters. The van der Waals surface area contributed by atoms with Crippen LogP contribution in [0.3, 0.4) is 0 Å². The zero-order chi connectivity index (χ0) is 31.9. The van der Waals surface area contributed by atoms with Crippen LogP contribution in [0.5, 0.6) is 5.75 Å². The van der Waals surface area contributed by atoms with Crippen molar-refractivity contribution in [1.82, 2.24) is 15.5 Å². The Morgan fingerprint density at radius 1 is 1.13 bits per heavy atom. The van der Waals surface area contributed by atoms with Gasteiger partial charge in [0, 0.05) is 35.5 Å². The molecule has 0 spiro atoms. The largest absolute Gasteiger partial charge is 0.489 e. The molecule has 3 heterocycles. The van der Waals surface area contributed by atoms with Crippen molar-refractivity contribution in [3.8, 4) is 17.0 Å². The molecule has 236 valence electrons. The highest BCUT2D eigenvalue weighted by atomic mass is 35.5. The number of carbonyl (C=O) groups is 1. The maximum atomic E-state index is 14.8. The lowest BCUT2D eigenvalue weighted by atomic mass is 9.86. The Morgan fingerprint density at radius 3 is 2.51 bits per heavy atom. The average Bonchev–Trinajstić information content (AvgIpc) is 3.74. The molecule has 1 amide bonds. The molecule has 2 aromatic heterocycles. The lowest BCUT2D eigenvalue weighted by molar-refractivity contribution is 0.00671. The van der Waals surface area contributed by atoms with Gasteiger partial charge in [-0.3, -0.25) is 4.79 Å². The zero-order valence-electron chi connectivity index (χ0n) is 23.3. The number of hydrogen-bond acceptors (Lipinski definition) is 9. The normalized spacial score (nSPS) is 15.6. The van der Waals surface area contributed by atoms with Crippen LogP contribution in [0.4, 0.5) is 14.6 Å². The van der Waals surface area contributed by atoms with Crippen molar-refractivity contribution in [1.29, 1.82) is 0 Å². The third kappa shape index (κ3) is 6.58. The van der Waals surface area contributed by atoms with E-state index in [1.807, 2.05) is 0 Å². The minimum Gasteiger partial charge on any atom is -0.489 e. The molecule has 45 heavy (non-hydrogen) atoms. The number of pyridine rings is 1. The smallest absolute Gasteiger partial charge is 0.252 e. The van der Waals surface area contributed by atoms with Crippen molar-refractivity contribution < 1.29 is 32.5 Å². The number of halogens is 5. The fourth-order valence-corrected chi connectivity index (χ4v) is 6.40. The molecule has 0 bridgehead atoms. The Labute approximate surface area is 275 Å². The minimum atomic E-state index is -1.38. The van der Waals surface area contributed by atoms with Gasteiger partial charge in [-0.2, -0.15) is 0 Å². The predicted octanol–water partition coefficient (Wildman–Crippen LogP) is 7.08. The molecular formula is C30H25Cl3F2N4O5S. The second-order valence-corrected chi connectivity index (χ2v) is 12.7. The molecule has 2 fully saturated rings. The van der Waals surface area contributed by atoms with E-state index in [0.29, 0.717) is 51.7 Å². The van der Waals surface area contributed by atoms with E-state index < -0.39 is 23.1 Å². The molecule has 9 nitrogen and oxygen atoms in total. The van der Waals surface area contributed by atoms with Crippen LogP contribution in [0.15, 0.2) is 47.1 Å². The van der Waals surface area contributed by atoms with Gasteiger partial charge < -0.3 is 29.1 Å². The molecule has 0 unspecified atom stereocenters. The summed E-state index contributed by atoms with van der Waals surface area (Å²) in [5.41, 5.74) is 0.455. The topological polar surface area (TPSA) is 121 Å². The van der Waals surface area contributed by atoms with E-state index in [1.54, 1.807) is 23.1 Å². The van der Waals surface area contributed by atoms with Crippen molar-refractivity contribution in [3.63, 3.8) is 0 Å². The van der Waals surface area contributed by atoms with Gasteiger partial charge in [0.1, 0.15) is 35.2 Å². The van der Waals surface area contributed by atoms with Crippen LogP contribution in [0.2, 0.25) is 15.1 Å². The standard InChI is InChI=1S/C30H25Cl3F2N4O5S/c31-21-10-18(43-12-19-26(38-44-27(19)15-1-2-15)25-22(32)8-17(34)9-23(25)33)3-4-20(21)30(41)13-39(14-30)28-24(35)7-16(11-37-28)29(40)36-5-6-45-42/h3-4,7-11,15,41-42H,1-2,5-6,12-14H2,(H,36,40). The number of nitrogens with zero attached hydrogens (tertiary/aromatic N) is 3. The van der Waals surface area contributed by atoms with E-state index in [4.69, 9.17) is 48.6 Å². The molecule has 2 aromatic carbocycles. The van der Waals surface area contributed by atoms with Crippen LogP contribution in [-0.2, 0) is 12.2 Å². The quantitative estimate of drug-likeness (QED) is 0.112. The van der Waals surface area contributed by atoms with Gasteiger partial charge in [-0.05, 0) is 55.2 Å². The third-order valence-electron chi connectivity index (χ3n) is 7.60. The number of rotatable bonds is 11. The lowest BCUT2D eigenvalue weighted by Crippen LogP contribution is -2.60. The summed E-state index contributed by atoms with van der Waals surface area (Å²) in [6.45, 7) is 0.298. The number of aliphatic hydroxyl groups is 1. The van der Waals surface area contributed by atoms with Crippen molar-refractivity contribution in [3.05, 3.63) is 91.7 Å². The highest BCUT2D eigenvalue weighted by Crippen LogP contribution is 2.46. The summed E-state index contributed by atoms with van der Waals surface area (Å²) in [6.07, 6.45) is 3.13. The van der Waals surface area contributed by atoms with Gasteiger partial charge in [0.05, 0.1) is 39.3 Å². The van der Waals surface area contributed by atoms with Gasteiger partial charge in [-0.1, -0.05) is 46.0 Å². The van der Waals surface area contributed by atoms with Gasteiger partial charge in [-0.15, -0.1) is 0 Å². The number of aromatic nitrogens is 2. The number of β-amino-alcohol motifs (C(OH)–C–C–N with tert-alkyl or cyclic N) is 1. The van der Waals surface area contributed by atoms with Crippen molar-refractivity contribution in [2.75, 3.05) is 30.3 Å². The van der Waals surface area contributed by atoms with Crippen LogP contribution >= 0.6 is 46.8 Å². The first kappa shape index (κ1) is 31.8. The Morgan fingerprint density at radius 2 is 1.87 bits per heavy atom. The van der Waals surface area contributed by atoms with E-state index in [1.165, 1.54) is 6.20 Å². The Bertz CT molecular complexity index is 1740. The monoisotopic (exact) mass is 696 g/mol. The third-order valence-corrected chi connectivity index (χ3v) is 8.90. The predicted molar refractivity (Wildman–Crippen MR) is 167 cm³/mol. The van der Waals surface area contributed by atoms with E-state index >= 15 is 0 Å². The number of ether oxygens (including phenoxy) is 1.